The Morgan fingerprint density at radius 3 is 2.06 bits per heavy atom. The van der Waals surface area contributed by atoms with Gasteiger partial charge in [0.2, 0.25) is 0 Å². The maximum atomic E-state index is 6.59. The molecule has 220 valence electrons. The highest BCUT2D eigenvalue weighted by Gasteiger charge is 2.20. The summed E-state index contributed by atoms with van der Waals surface area (Å²) < 4.78 is 9.22. The van der Waals surface area contributed by atoms with Crippen molar-refractivity contribution in [2.24, 2.45) is 0 Å². The maximum absolute atomic E-state index is 6.59. The largest absolute Gasteiger partial charge is 0.454 e. The topological polar surface area (TPSA) is 16.4 Å². The normalized spacial score (nSPS) is 11.8. The number of hydrogen-bond acceptors (Lipinski definition) is 3. The van der Waals surface area contributed by atoms with E-state index in [-0.39, 0.29) is 0 Å². The Kier molecular flexibility index (Phi) is 5.78. The second-order valence-electron chi connectivity index (χ2n) is 12.1. The van der Waals surface area contributed by atoms with Crippen LogP contribution in [0.3, 0.4) is 0 Å². The molecular formula is C44H27NOS. The molecule has 47 heavy (non-hydrogen) atoms. The van der Waals surface area contributed by atoms with Crippen LogP contribution in [0.5, 0.6) is 0 Å². The number of nitrogens with zero attached hydrogens (tertiary/aromatic N) is 1. The molecule has 0 unspecified atom stereocenters. The minimum absolute atomic E-state index is 0.881. The van der Waals surface area contributed by atoms with Crippen LogP contribution >= 0.6 is 11.3 Å². The average molecular weight is 618 g/mol. The molecule has 10 rings (SSSR count). The van der Waals surface area contributed by atoms with Crippen LogP contribution in [0.15, 0.2) is 168 Å². The van der Waals surface area contributed by atoms with Gasteiger partial charge in [0, 0.05) is 42.3 Å². The minimum Gasteiger partial charge on any atom is -0.454 e. The predicted molar refractivity (Wildman–Crippen MR) is 202 cm³/mol. The van der Waals surface area contributed by atoms with Crippen molar-refractivity contribution in [3.63, 3.8) is 0 Å². The van der Waals surface area contributed by atoms with Crippen molar-refractivity contribution in [2.45, 2.75) is 0 Å². The van der Waals surface area contributed by atoms with Crippen LogP contribution in [0.4, 0.5) is 17.1 Å². The summed E-state index contributed by atoms with van der Waals surface area (Å²) >= 11 is 1.86. The number of thiophene rings is 1. The van der Waals surface area contributed by atoms with Gasteiger partial charge in [-0.15, -0.1) is 11.3 Å². The fraction of sp³-hybridized carbons (Fsp3) is 0. The van der Waals surface area contributed by atoms with E-state index in [1.807, 2.05) is 17.4 Å². The first-order chi connectivity index (χ1) is 23.3. The van der Waals surface area contributed by atoms with Crippen molar-refractivity contribution < 1.29 is 4.42 Å². The van der Waals surface area contributed by atoms with Gasteiger partial charge in [0.25, 0.3) is 0 Å². The molecule has 10 aromatic rings. The van der Waals surface area contributed by atoms with Crippen LogP contribution in [0.2, 0.25) is 0 Å². The van der Waals surface area contributed by atoms with Gasteiger partial charge in [0.15, 0.2) is 5.58 Å². The van der Waals surface area contributed by atoms with Gasteiger partial charge in [-0.3, -0.25) is 0 Å². The second kappa shape index (κ2) is 10.3. The third-order valence-electron chi connectivity index (χ3n) is 9.43. The highest BCUT2D eigenvalue weighted by molar-refractivity contribution is 7.25. The summed E-state index contributed by atoms with van der Waals surface area (Å²) in [7, 11) is 0. The van der Waals surface area contributed by atoms with Crippen LogP contribution in [-0.2, 0) is 0 Å². The molecule has 0 N–H and O–H groups in total. The van der Waals surface area contributed by atoms with Crippen molar-refractivity contribution in [3.05, 3.63) is 164 Å². The van der Waals surface area contributed by atoms with Gasteiger partial charge in [0.1, 0.15) is 5.58 Å². The minimum atomic E-state index is 0.881. The van der Waals surface area contributed by atoms with Crippen molar-refractivity contribution in [1.82, 2.24) is 0 Å². The van der Waals surface area contributed by atoms with E-state index in [0.717, 1.165) is 39.0 Å². The zero-order valence-corrected chi connectivity index (χ0v) is 26.2. The maximum Gasteiger partial charge on any atom is 0.159 e. The van der Waals surface area contributed by atoms with Gasteiger partial charge in [-0.2, -0.15) is 0 Å². The molecule has 0 saturated heterocycles. The van der Waals surface area contributed by atoms with Crippen molar-refractivity contribution in [1.29, 1.82) is 0 Å². The first-order valence-electron chi connectivity index (χ1n) is 15.9. The summed E-state index contributed by atoms with van der Waals surface area (Å²) in [6, 6.07) is 59.0. The van der Waals surface area contributed by atoms with E-state index in [2.05, 4.69) is 163 Å². The number of hydrogen-bond donors (Lipinski definition) is 0. The summed E-state index contributed by atoms with van der Waals surface area (Å²) in [5, 5.41) is 9.84. The molecule has 0 radical (unpaired) electrons. The zero-order chi connectivity index (χ0) is 30.9. The van der Waals surface area contributed by atoms with Crippen molar-refractivity contribution in [2.75, 3.05) is 4.90 Å². The van der Waals surface area contributed by atoms with Gasteiger partial charge < -0.3 is 9.32 Å². The number of rotatable bonds is 4. The first kappa shape index (κ1) is 26.3. The standard InChI is InChI=1S/C44H27NOS/c1-2-11-34-28(9-1)10-7-14-35(34)29-19-22-32(23-20-29)45(40-16-8-15-38-36-12-3-5-17-41(36)46-44(38)40)33-24-21-30-26-39-37-13-4-6-18-42(37)47-43(39)27-31(30)25-33/h1-27H. The molecule has 2 nitrogen and oxygen atoms in total. The molecule has 0 aliphatic heterocycles. The lowest BCUT2D eigenvalue weighted by atomic mass is 9.98. The Morgan fingerprint density at radius 1 is 0.426 bits per heavy atom. The van der Waals surface area contributed by atoms with Crippen LogP contribution < -0.4 is 4.90 Å². The SMILES string of the molecule is c1ccc2c(-c3ccc(N(c4ccc5cc6c(cc5c4)sc4ccccc46)c4cccc5c4oc4ccccc45)cc3)cccc2c1. The lowest BCUT2D eigenvalue weighted by molar-refractivity contribution is 0.669. The van der Waals surface area contributed by atoms with Crippen LogP contribution in [0.25, 0.3) is 74.8 Å². The molecule has 0 atom stereocenters. The second-order valence-corrected chi connectivity index (χ2v) is 13.2. The van der Waals surface area contributed by atoms with Gasteiger partial charge in [-0.25, -0.2) is 0 Å². The highest BCUT2D eigenvalue weighted by Crippen LogP contribution is 2.44. The Labute approximate surface area is 275 Å². The lowest BCUT2D eigenvalue weighted by Gasteiger charge is -2.26. The molecule has 0 aliphatic rings. The summed E-state index contributed by atoms with van der Waals surface area (Å²) in [5.74, 6) is 0. The number of furan rings is 1. The van der Waals surface area contributed by atoms with Gasteiger partial charge >= 0.3 is 0 Å². The van der Waals surface area contributed by atoms with E-state index in [1.165, 1.54) is 52.8 Å². The molecule has 3 heteroatoms. The summed E-state index contributed by atoms with van der Waals surface area (Å²) in [5.41, 5.74) is 7.38. The summed E-state index contributed by atoms with van der Waals surface area (Å²) in [6.45, 7) is 0. The fourth-order valence-electron chi connectivity index (χ4n) is 7.20. The summed E-state index contributed by atoms with van der Waals surface area (Å²) in [6.07, 6.45) is 0. The summed E-state index contributed by atoms with van der Waals surface area (Å²) in [4.78, 5) is 2.34. The Bertz CT molecular complexity index is 2800. The predicted octanol–water partition coefficient (Wildman–Crippen LogP) is 13.4. The number of fused-ring (bicyclic) bond motifs is 8. The third kappa shape index (κ3) is 4.17. The molecule has 2 aromatic heterocycles. The van der Waals surface area contributed by atoms with Gasteiger partial charge in [-0.05, 0) is 87.3 Å². The van der Waals surface area contributed by atoms with E-state index in [0.29, 0.717) is 0 Å². The number of benzene rings is 8. The number of anilines is 3. The van der Waals surface area contributed by atoms with Crippen molar-refractivity contribution in [3.8, 4) is 11.1 Å². The van der Waals surface area contributed by atoms with E-state index >= 15 is 0 Å². The van der Waals surface area contributed by atoms with E-state index in [1.54, 1.807) is 0 Å². The Hall–Kier alpha value is -5.90. The van der Waals surface area contributed by atoms with Crippen molar-refractivity contribution >= 4 is 92.1 Å². The highest BCUT2D eigenvalue weighted by atomic mass is 32.1. The molecule has 0 aliphatic carbocycles. The molecule has 0 fully saturated rings. The molecule has 8 aromatic carbocycles. The van der Waals surface area contributed by atoms with E-state index in [9.17, 15) is 0 Å². The Morgan fingerprint density at radius 2 is 1.15 bits per heavy atom. The smallest absolute Gasteiger partial charge is 0.159 e. The third-order valence-corrected chi connectivity index (χ3v) is 10.6. The fourth-order valence-corrected chi connectivity index (χ4v) is 8.33. The van der Waals surface area contributed by atoms with Crippen LogP contribution in [-0.4, -0.2) is 0 Å². The quantitative estimate of drug-likeness (QED) is 0.195. The first-order valence-corrected chi connectivity index (χ1v) is 16.7. The molecular weight excluding hydrogens is 591 g/mol. The molecule has 2 heterocycles. The molecule has 0 amide bonds. The lowest BCUT2D eigenvalue weighted by Crippen LogP contribution is -2.10. The monoisotopic (exact) mass is 617 g/mol. The van der Waals surface area contributed by atoms with E-state index in [4.69, 9.17) is 4.42 Å². The van der Waals surface area contributed by atoms with E-state index < -0.39 is 0 Å². The van der Waals surface area contributed by atoms with Gasteiger partial charge in [-0.1, -0.05) is 109 Å². The molecule has 0 spiro atoms. The average Bonchev–Trinajstić information content (AvgIpc) is 3.69. The van der Waals surface area contributed by atoms with Crippen LogP contribution in [0.1, 0.15) is 0 Å². The zero-order valence-electron chi connectivity index (χ0n) is 25.4. The molecule has 0 bridgehead atoms. The molecule has 0 saturated carbocycles. The van der Waals surface area contributed by atoms with Crippen LogP contribution in [0, 0.1) is 0 Å². The Balaban J connectivity index is 1.18. The van der Waals surface area contributed by atoms with Gasteiger partial charge in [0.05, 0.1) is 5.69 Å². The number of para-hydroxylation sites is 2.